The van der Waals surface area contributed by atoms with Crippen LogP contribution in [0.15, 0.2) is 23.3 Å². The fraction of sp³-hybridized carbons (Fsp3) is 0.792. The van der Waals surface area contributed by atoms with Crippen molar-refractivity contribution in [3.8, 4) is 0 Å². The molecule has 0 saturated heterocycles. The SMILES string of the molecule is CCCCCCCCCCCCNC/C(C)=C/CC/C(C)=C/COC(C)=O. The highest BCUT2D eigenvalue weighted by molar-refractivity contribution is 5.66. The highest BCUT2D eigenvalue weighted by atomic mass is 16.5. The maximum Gasteiger partial charge on any atom is 0.302 e. The van der Waals surface area contributed by atoms with Crippen LogP contribution in [-0.2, 0) is 9.53 Å². The Hall–Kier alpha value is -1.09. The van der Waals surface area contributed by atoms with E-state index in [1.165, 1.54) is 82.3 Å². The van der Waals surface area contributed by atoms with E-state index < -0.39 is 0 Å². The molecule has 0 saturated carbocycles. The number of hydrogen-bond acceptors (Lipinski definition) is 3. The standard InChI is InChI=1S/C24H45NO2/c1-5-6-7-8-9-10-11-12-13-14-19-25-21-23(3)17-15-16-22(2)18-20-27-24(4)26/h17-18,25H,5-16,19-21H2,1-4H3/b22-18+,23-17+. The van der Waals surface area contributed by atoms with E-state index in [9.17, 15) is 4.79 Å². The highest BCUT2D eigenvalue weighted by Crippen LogP contribution is 2.10. The number of carbonyl (C=O) groups is 1. The molecule has 158 valence electrons. The fourth-order valence-corrected chi connectivity index (χ4v) is 3.04. The average molecular weight is 380 g/mol. The van der Waals surface area contributed by atoms with Crippen LogP contribution in [0.1, 0.15) is 105 Å². The minimum absolute atomic E-state index is 0.219. The molecule has 27 heavy (non-hydrogen) atoms. The van der Waals surface area contributed by atoms with E-state index in [-0.39, 0.29) is 5.97 Å². The molecule has 3 heteroatoms. The van der Waals surface area contributed by atoms with Crippen molar-refractivity contribution >= 4 is 5.97 Å². The van der Waals surface area contributed by atoms with Gasteiger partial charge in [0, 0.05) is 13.5 Å². The van der Waals surface area contributed by atoms with Crippen molar-refractivity contribution in [1.29, 1.82) is 0 Å². The molecular formula is C24H45NO2. The van der Waals surface area contributed by atoms with E-state index in [2.05, 4.69) is 32.2 Å². The van der Waals surface area contributed by atoms with Crippen LogP contribution in [-0.4, -0.2) is 25.7 Å². The lowest BCUT2D eigenvalue weighted by atomic mass is 10.1. The third kappa shape index (κ3) is 21.1. The van der Waals surface area contributed by atoms with E-state index in [0.29, 0.717) is 6.61 Å². The molecule has 0 atom stereocenters. The van der Waals surface area contributed by atoms with E-state index in [4.69, 9.17) is 4.74 Å². The number of allylic oxidation sites excluding steroid dienone is 2. The number of nitrogens with one attached hydrogen (secondary N) is 1. The molecular weight excluding hydrogens is 334 g/mol. The van der Waals surface area contributed by atoms with Crippen molar-refractivity contribution < 1.29 is 9.53 Å². The van der Waals surface area contributed by atoms with Gasteiger partial charge in [-0.3, -0.25) is 4.79 Å². The zero-order chi connectivity index (χ0) is 20.2. The van der Waals surface area contributed by atoms with Crippen LogP contribution in [0.5, 0.6) is 0 Å². The van der Waals surface area contributed by atoms with E-state index in [1.807, 2.05) is 6.08 Å². The lowest BCUT2D eigenvalue weighted by molar-refractivity contribution is -0.139. The number of unbranched alkanes of at least 4 members (excludes halogenated alkanes) is 9. The number of ether oxygens (including phenoxy) is 1. The van der Waals surface area contributed by atoms with Crippen molar-refractivity contribution in [3.63, 3.8) is 0 Å². The van der Waals surface area contributed by atoms with E-state index in [1.54, 1.807) is 0 Å². The van der Waals surface area contributed by atoms with Gasteiger partial charge in [-0.05, 0) is 45.7 Å². The number of rotatable bonds is 18. The van der Waals surface area contributed by atoms with Crippen molar-refractivity contribution in [1.82, 2.24) is 5.32 Å². The number of esters is 1. The van der Waals surface area contributed by atoms with E-state index in [0.717, 1.165) is 25.9 Å². The van der Waals surface area contributed by atoms with Gasteiger partial charge >= 0.3 is 5.97 Å². The monoisotopic (exact) mass is 379 g/mol. The van der Waals surface area contributed by atoms with Gasteiger partial charge in [0.15, 0.2) is 0 Å². The topological polar surface area (TPSA) is 38.3 Å². The molecule has 0 amide bonds. The first-order valence-electron chi connectivity index (χ1n) is 11.2. The summed E-state index contributed by atoms with van der Waals surface area (Å²) in [6, 6.07) is 0. The quantitative estimate of drug-likeness (QED) is 0.163. The molecule has 0 aromatic heterocycles. The van der Waals surface area contributed by atoms with Crippen LogP contribution in [0, 0.1) is 0 Å². The molecule has 1 N–H and O–H groups in total. The first-order chi connectivity index (χ1) is 13.1. The summed E-state index contributed by atoms with van der Waals surface area (Å²) in [5, 5.41) is 3.55. The lowest BCUT2D eigenvalue weighted by Gasteiger charge is -2.06. The molecule has 0 fully saturated rings. The van der Waals surface area contributed by atoms with Gasteiger partial charge in [0.05, 0.1) is 0 Å². The van der Waals surface area contributed by atoms with Crippen LogP contribution >= 0.6 is 0 Å². The first-order valence-corrected chi connectivity index (χ1v) is 11.2. The Balaban J connectivity index is 3.46. The highest BCUT2D eigenvalue weighted by Gasteiger charge is 1.95. The molecule has 0 aliphatic heterocycles. The van der Waals surface area contributed by atoms with Gasteiger partial charge in [0.1, 0.15) is 6.61 Å². The summed E-state index contributed by atoms with van der Waals surface area (Å²) >= 11 is 0. The first kappa shape index (κ1) is 25.9. The summed E-state index contributed by atoms with van der Waals surface area (Å²) in [6.45, 7) is 10.5. The van der Waals surface area contributed by atoms with Gasteiger partial charge in [-0.2, -0.15) is 0 Å². The minimum Gasteiger partial charge on any atom is -0.462 e. The third-order valence-corrected chi connectivity index (χ3v) is 4.86. The Morgan fingerprint density at radius 2 is 1.41 bits per heavy atom. The number of carbonyl (C=O) groups excluding carboxylic acids is 1. The van der Waals surface area contributed by atoms with Gasteiger partial charge in [-0.1, -0.05) is 81.9 Å². The van der Waals surface area contributed by atoms with Gasteiger partial charge in [-0.25, -0.2) is 0 Å². The average Bonchev–Trinajstić information content (AvgIpc) is 2.62. The third-order valence-electron chi connectivity index (χ3n) is 4.86. The van der Waals surface area contributed by atoms with E-state index >= 15 is 0 Å². The molecule has 0 heterocycles. The summed E-state index contributed by atoms with van der Waals surface area (Å²) in [6.07, 6.45) is 20.3. The van der Waals surface area contributed by atoms with Crippen LogP contribution in [0.4, 0.5) is 0 Å². The van der Waals surface area contributed by atoms with Crippen molar-refractivity contribution in [2.24, 2.45) is 0 Å². The largest absolute Gasteiger partial charge is 0.462 e. The molecule has 0 bridgehead atoms. The molecule has 0 unspecified atom stereocenters. The molecule has 0 spiro atoms. The molecule has 0 rings (SSSR count). The Labute approximate surface area is 169 Å². The molecule has 0 aliphatic carbocycles. The Bertz CT molecular complexity index is 413. The molecule has 0 aromatic carbocycles. The zero-order valence-corrected chi connectivity index (χ0v) is 18.6. The summed E-state index contributed by atoms with van der Waals surface area (Å²) in [5.74, 6) is -0.219. The summed E-state index contributed by atoms with van der Waals surface area (Å²) in [4.78, 5) is 10.7. The lowest BCUT2D eigenvalue weighted by Crippen LogP contribution is -2.17. The second kappa shape index (κ2) is 19.7. The second-order valence-corrected chi connectivity index (χ2v) is 7.80. The molecule has 0 aromatic rings. The van der Waals surface area contributed by atoms with Gasteiger partial charge < -0.3 is 10.1 Å². The molecule has 3 nitrogen and oxygen atoms in total. The van der Waals surface area contributed by atoms with Crippen LogP contribution < -0.4 is 5.32 Å². The second-order valence-electron chi connectivity index (χ2n) is 7.80. The number of hydrogen-bond donors (Lipinski definition) is 1. The smallest absolute Gasteiger partial charge is 0.302 e. The summed E-state index contributed by atoms with van der Waals surface area (Å²) in [7, 11) is 0. The van der Waals surface area contributed by atoms with Gasteiger partial charge in [0.25, 0.3) is 0 Å². The maximum atomic E-state index is 10.7. The zero-order valence-electron chi connectivity index (χ0n) is 18.6. The van der Waals surface area contributed by atoms with Crippen molar-refractivity contribution in [2.45, 2.75) is 105 Å². The molecule has 0 radical (unpaired) electrons. The fourth-order valence-electron chi connectivity index (χ4n) is 3.04. The summed E-state index contributed by atoms with van der Waals surface area (Å²) < 4.78 is 4.93. The predicted octanol–water partition coefficient (Wildman–Crippen LogP) is 6.73. The Kier molecular flexibility index (Phi) is 18.9. The Morgan fingerprint density at radius 3 is 2.00 bits per heavy atom. The van der Waals surface area contributed by atoms with Crippen LogP contribution in [0.25, 0.3) is 0 Å². The maximum absolute atomic E-state index is 10.7. The van der Waals surface area contributed by atoms with Crippen LogP contribution in [0.2, 0.25) is 0 Å². The minimum atomic E-state index is -0.219. The van der Waals surface area contributed by atoms with Gasteiger partial charge in [-0.15, -0.1) is 0 Å². The van der Waals surface area contributed by atoms with Crippen molar-refractivity contribution in [2.75, 3.05) is 19.7 Å². The normalized spacial score (nSPS) is 12.4. The summed E-state index contributed by atoms with van der Waals surface area (Å²) in [5.41, 5.74) is 2.69. The Morgan fingerprint density at radius 1 is 0.815 bits per heavy atom. The predicted molar refractivity (Wildman–Crippen MR) is 118 cm³/mol. The molecule has 0 aliphatic rings. The van der Waals surface area contributed by atoms with Crippen LogP contribution in [0.3, 0.4) is 0 Å². The van der Waals surface area contributed by atoms with Crippen molar-refractivity contribution in [3.05, 3.63) is 23.3 Å². The van der Waals surface area contributed by atoms with Gasteiger partial charge in [0.2, 0.25) is 0 Å².